The van der Waals surface area contributed by atoms with E-state index in [0.717, 1.165) is 36.5 Å². The summed E-state index contributed by atoms with van der Waals surface area (Å²) in [6, 6.07) is 2.38. The molecule has 2 saturated heterocycles. The van der Waals surface area contributed by atoms with Gasteiger partial charge >= 0.3 is 0 Å². The first-order valence-electron chi connectivity index (χ1n) is 9.40. The zero-order chi connectivity index (χ0) is 14.8. The molecule has 0 spiro atoms. The van der Waals surface area contributed by atoms with Crippen LogP contribution in [0.3, 0.4) is 0 Å². The summed E-state index contributed by atoms with van der Waals surface area (Å²) in [6.07, 6.45) is 7.08. The third-order valence-corrected chi connectivity index (χ3v) is 6.35. The summed E-state index contributed by atoms with van der Waals surface area (Å²) in [5.74, 6) is 1.79. The summed E-state index contributed by atoms with van der Waals surface area (Å²) in [4.78, 5) is 5.59. The molecule has 0 radical (unpaired) electrons. The summed E-state index contributed by atoms with van der Waals surface area (Å²) >= 11 is 0. The summed E-state index contributed by atoms with van der Waals surface area (Å²) in [5.41, 5.74) is 0. The second-order valence-electron chi connectivity index (χ2n) is 7.88. The third-order valence-electron chi connectivity index (χ3n) is 6.35. The van der Waals surface area contributed by atoms with Gasteiger partial charge in [-0.25, -0.2) is 0 Å². The highest BCUT2D eigenvalue weighted by Crippen LogP contribution is 2.34. The van der Waals surface area contributed by atoms with Crippen molar-refractivity contribution >= 4 is 0 Å². The smallest absolute Gasteiger partial charge is 0.0253 e. The van der Waals surface area contributed by atoms with Crippen molar-refractivity contribution in [3.8, 4) is 0 Å². The van der Waals surface area contributed by atoms with Crippen molar-refractivity contribution in [1.82, 2.24) is 15.1 Å². The second kappa shape index (κ2) is 6.97. The van der Waals surface area contributed by atoms with E-state index in [9.17, 15) is 0 Å². The fourth-order valence-corrected chi connectivity index (χ4v) is 5.00. The van der Waals surface area contributed by atoms with E-state index in [-0.39, 0.29) is 0 Å². The molecule has 122 valence electrons. The molecule has 1 saturated carbocycles. The largest absolute Gasteiger partial charge is 0.313 e. The number of likely N-dealkylation sites (N-methyl/N-ethyl adjacent to an activating group) is 1. The van der Waals surface area contributed by atoms with Crippen LogP contribution in [0.4, 0.5) is 0 Å². The van der Waals surface area contributed by atoms with Gasteiger partial charge in [0, 0.05) is 37.8 Å². The highest BCUT2D eigenvalue weighted by atomic mass is 15.3. The van der Waals surface area contributed by atoms with Crippen LogP contribution in [0.1, 0.15) is 52.9 Å². The van der Waals surface area contributed by atoms with Gasteiger partial charge in [0.2, 0.25) is 0 Å². The Morgan fingerprint density at radius 3 is 2.62 bits per heavy atom. The van der Waals surface area contributed by atoms with E-state index >= 15 is 0 Å². The molecule has 3 fully saturated rings. The highest BCUT2D eigenvalue weighted by Gasteiger charge is 2.39. The summed E-state index contributed by atoms with van der Waals surface area (Å²) in [7, 11) is 0. The first kappa shape index (κ1) is 15.8. The Morgan fingerprint density at radius 1 is 1.05 bits per heavy atom. The van der Waals surface area contributed by atoms with Crippen LogP contribution in [0.15, 0.2) is 0 Å². The number of rotatable bonds is 4. The molecule has 0 aromatic heterocycles. The maximum Gasteiger partial charge on any atom is 0.0253 e. The van der Waals surface area contributed by atoms with Crippen LogP contribution in [-0.2, 0) is 0 Å². The van der Waals surface area contributed by atoms with Gasteiger partial charge in [-0.15, -0.1) is 0 Å². The number of hydrogen-bond donors (Lipinski definition) is 1. The summed E-state index contributed by atoms with van der Waals surface area (Å²) < 4.78 is 0. The quantitative estimate of drug-likeness (QED) is 0.859. The minimum Gasteiger partial charge on any atom is -0.313 e. The Bertz CT molecular complexity index is 330. The van der Waals surface area contributed by atoms with Crippen molar-refractivity contribution in [2.24, 2.45) is 11.8 Å². The Labute approximate surface area is 131 Å². The van der Waals surface area contributed by atoms with Gasteiger partial charge in [0.05, 0.1) is 0 Å². The molecule has 1 aliphatic carbocycles. The van der Waals surface area contributed by atoms with Crippen LogP contribution in [0.25, 0.3) is 0 Å². The maximum atomic E-state index is 3.80. The molecular formula is C18H35N3. The van der Waals surface area contributed by atoms with E-state index in [0.29, 0.717) is 0 Å². The minimum atomic E-state index is 0.734. The average molecular weight is 293 g/mol. The van der Waals surface area contributed by atoms with E-state index < -0.39 is 0 Å². The third kappa shape index (κ3) is 3.46. The number of piperazine rings is 1. The number of hydrogen-bond acceptors (Lipinski definition) is 3. The Hall–Kier alpha value is -0.120. The number of nitrogens with one attached hydrogen (secondary N) is 1. The molecular weight excluding hydrogens is 258 g/mol. The van der Waals surface area contributed by atoms with E-state index in [4.69, 9.17) is 0 Å². The lowest BCUT2D eigenvalue weighted by molar-refractivity contribution is 0.0255. The van der Waals surface area contributed by atoms with Crippen LogP contribution in [0.2, 0.25) is 0 Å². The normalized spacial score (nSPS) is 38.9. The molecule has 0 amide bonds. The van der Waals surface area contributed by atoms with Gasteiger partial charge in [0.25, 0.3) is 0 Å². The van der Waals surface area contributed by atoms with Crippen LogP contribution in [0.5, 0.6) is 0 Å². The van der Waals surface area contributed by atoms with Crippen LogP contribution in [-0.4, -0.2) is 60.6 Å². The molecule has 3 nitrogen and oxygen atoms in total. The van der Waals surface area contributed by atoms with Gasteiger partial charge in [-0.2, -0.15) is 0 Å². The predicted molar refractivity (Wildman–Crippen MR) is 89.6 cm³/mol. The molecule has 4 unspecified atom stereocenters. The number of nitrogens with zero attached hydrogens (tertiary/aromatic N) is 2. The topological polar surface area (TPSA) is 18.5 Å². The summed E-state index contributed by atoms with van der Waals surface area (Å²) in [5, 5.41) is 3.80. The number of fused-ring (bicyclic) bond motifs is 1. The van der Waals surface area contributed by atoms with Gasteiger partial charge < -0.3 is 5.32 Å². The van der Waals surface area contributed by atoms with E-state index in [1.807, 2.05) is 0 Å². The molecule has 2 aliphatic heterocycles. The van der Waals surface area contributed by atoms with Crippen LogP contribution >= 0.6 is 0 Å². The lowest BCUT2D eigenvalue weighted by Crippen LogP contribution is -2.60. The molecule has 21 heavy (non-hydrogen) atoms. The van der Waals surface area contributed by atoms with Gasteiger partial charge in [-0.3, -0.25) is 9.80 Å². The SMILES string of the molecule is CCNC1CCC(C(C)C)CC1N1CCN2CCCC2C1. The Balaban J connectivity index is 1.66. The first-order chi connectivity index (χ1) is 10.2. The van der Waals surface area contributed by atoms with Crippen LogP contribution < -0.4 is 5.32 Å². The second-order valence-corrected chi connectivity index (χ2v) is 7.88. The van der Waals surface area contributed by atoms with Crippen molar-refractivity contribution in [2.45, 2.75) is 71.0 Å². The van der Waals surface area contributed by atoms with Gasteiger partial charge in [-0.1, -0.05) is 20.8 Å². The minimum absolute atomic E-state index is 0.734. The van der Waals surface area contributed by atoms with Gasteiger partial charge in [0.15, 0.2) is 0 Å². The Morgan fingerprint density at radius 2 is 1.86 bits per heavy atom. The van der Waals surface area contributed by atoms with E-state index in [1.54, 1.807) is 0 Å². The standard InChI is InChI=1S/C18H35N3/c1-4-19-17-8-7-15(14(2)3)12-18(17)21-11-10-20-9-5-6-16(20)13-21/h14-19H,4-13H2,1-3H3. The molecule has 0 aromatic rings. The molecule has 0 aromatic carbocycles. The van der Waals surface area contributed by atoms with Crippen molar-refractivity contribution in [2.75, 3.05) is 32.7 Å². The lowest BCUT2D eigenvalue weighted by Gasteiger charge is -2.48. The molecule has 4 atom stereocenters. The molecule has 0 bridgehead atoms. The maximum absolute atomic E-state index is 3.80. The predicted octanol–water partition coefficient (Wildman–Crippen LogP) is 2.57. The summed E-state index contributed by atoms with van der Waals surface area (Å²) in [6.45, 7) is 13.5. The van der Waals surface area contributed by atoms with E-state index in [2.05, 4.69) is 35.9 Å². The molecule has 3 heteroatoms. The first-order valence-corrected chi connectivity index (χ1v) is 9.40. The molecule has 3 rings (SSSR count). The average Bonchev–Trinajstić information content (AvgIpc) is 2.95. The monoisotopic (exact) mass is 293 g/mol. The fraction of sp³-hybridized carbons (Fsp3) is 1.00. The van der Waals surface area contributed by atoms with Gasteiger partial charge in [0.1, 0.15) is 0 Å². The zero-order valence-corrected chi connectivity index (χ0v) is 14.4. The van der Waals surface area contributed by atoms with Crippen molar-refractivity contribution < 1.29 is 0 Å². The molecule has 2 heterocycles. The zero-order valence-electron chi connectivity index (χ0n) is 14.4. The molecule has 1 N–H and O–H groups in total. The highest BCUT2D eigenvalue weighted by molar-refractivity contribution is 4.96. The Kier molecular flexibility index (Phi) is 5.23. The van der Waals surface area contributed by atoms with Crippen molar-refractivity contribution in [3.05, 3.63) is 0 Å². The van der Waals surface area contributed by atoms with E-state index in [1.165, 1.54) is 58.3 Å². The molecule has 3 aliphatic rings. The van der Waals surface area contributed by atoms with Crippen molar-refractivity contribution in [3.63, 3.8) is 0 Å². The lowest BCUT2D eigenvalue weighted by atomic mass is 9.76. The van der Waals surface area contributed by atoms with Gasteiger partial charge in [-0.05, 0) is 57.0 Å². The van der Waals surface area contributed by atoms with Crippen LogP contribution in [0, 0.1) is 11.8 Å². The fourth-order valence-electron chi connectivity index (χ4n) is 5.00. The van der Waals surface area contributed by atoms with Crippen molar-refractivity contribution in [1.29, 1.82) is 0 Å².